The van der Waals surface area contributed by atoms with Gasteiger partial charge in [0.25, 0.3) is 0 Å². The Kier molecular flexibility index (Phi) is 8.08. The molecular formula is C14H32O3Ti. The van der Waals surface area contributed by atoms with Gasteiger partial charge in [-0.05, 0) is 0 Å². The molecule has 18 heavy (non-hydrogen) atoms. The topological polar surface area (TPSA) is 35.5 Å². The molecular weight excluding hydrogens is 264 g/mol. The van der Waals surface area contributed by atoms with E-state index in [1.54, 1.807) is 0 Å². The summed E-state index contributed by atoms with van der Waals surface area (Å²) in [4.78, 5) is 0. The first kappa shape index (κ1) is 18.4. The minimum atomic E-state index is -4.54. The third-order valence-corrected chi connectivity index (χ3v) is 12.8. The van der Waals surface area contributed by atoms with Crippen LogP contribution in [0, 0.1) is 0 Å². The zero-order valence-electron chi connectivity index (χ0n) is 13.1. The van der Waals surface area contributed by atoms with E-state index in [-0.39, 0.29) is 8.45 Å². The molecule has 0 bridgehead atoms. The van der Waals surface area contributed by atoms with Gasteiger partial charge in [0.2, 0.25) is 0 Å². The van der Waals surface area contributed by atoms with Gasteiger partial charge in [0, 0.05) is 0 Å². The summed E-state index contributed by atoms with van der Waals surface area (Å²) in [6.07, 6.45) is 3.98. The molecule has 110 valence electrons. The van der Waals surface area contributed by atoms with Crippen LogP contribution in [-0.2, 0) is 26.0 Å². The molecule has 0 aromatic carbocycles. The van der Waals surface area contributed by atoms with Gasteiger partial charge in [0.05, 0.1) is 0 Å². The summed E-state index contributed by atoms with van der Waals surface area (Å²) in [7, 11) is 0. The normalized spacial score (nSPS) is 13.6. The number of unbranched alkanes of at least 4 members (excludes halogenated alkanes) is 2. The fraction of sp³-hybridized carbons (Fsp3) is 1.00. The quantitative estimate of drug-likeness (QED) is 0.413. The van der Waals surface area contributed by atoms with Crippen molar-refractivity contribution in [1.82, 2.24) is 0 Å². The minimum absolute atomic E-state index is 0.0317. The summed E-state index contributed by atoms with van der Waals surface area (Å²) in [5.41, 5.74) is 0. The van der Waals surface area contributed by atoms with Crippen LogP contribution in [0.2, 0.25) is 8.45 Å². The van der Waals surface area contributed by atoms with Crippen LogP contribution in [0.25, 0.3) is 0 Å². The van der Waals surface area contributed by atoms with E-state index in [1.165, 1.54) is 0 Å². The zero-order chi connectivity index (χ0) is 14.3. The standard InChI is InChI=1S/2C4H9O.2C3H7.O.Ti/c2*1-2-3-4-5;2*1-3-2;;/h2*2-4H2,1H3;2*3H,1-2H3;;/q2*-1;;;;+2. The zero-order valence-corrected chi connectivity index (χ0v) is 14.7. The van der Waals surface area contributed by atoms with E-state index < -0.39 is 16.1 Å². The molecule has 4 heteroatoms. The van der Waals surface area contributed by atoms with Crippen molar-refractivity contribution in [2.75, 3.05) is 13.2 Å². The average Bonchev–Trinajstić information content (AvgIpc) is 2.29. The Balaban J connectivity index is 5.00. The van der Waals surface area contributed by atoms with Crippen molar-refractivity contribution in [2.45, 2.75) is 75.7 Å². The van der Waals surface area contributed by atoms with E-state index in [9.17, 15) is 3.32 Å². The summed E-state index contributed by atoms with van der Waals surface area (Å²) in [5.74, 6) is 0. The Hall–Kier alpha value is 0.434. The maximum absolute atomic E-state index is 13.6. The molecule has 0 aromatic heterocycles. The molecule has 0 amide bonds. The van der Waals surface area contributed by atoms with Gasteiger partial charge in [-0.25, -0.2) is 0 Å². The van der Waals surface area contributed by atoms with Gasteiger partial charge in [-0.3, -0.25) is 0 Å². The molecule has 0 unspecified atom stereocenters. The van der Waals surface area contributed by atoms with Crippen molar-refractivity contribution in [3.63, 3.8) is 0 Å². The molecule has 0 spiro atoms. The van der Waals surface area contributed by atoms with E-state index in [4.69, 9.17) is 6.64 Å². The Morgan fingerprint density at radius 1 is 0.833 bits per heavy atom. The Bertz CT molecular complexity index is 257. The van der Waals surface area contributed by atoms with Crippen LogP contribution in [0.5, 0.6) is 0 Å². The van der Waals surface area contributed by atoms with E-state index in [2.05, 4.69) is 13.8 Å². The molecule has 0 aromatic rings. The first-order valence-electron chi connectivity index (χ1n) is 7.49. The van der Waals surface area contributed by atoms with E-state index in [0.29, 0.717) is 13.2 Å². The summed E-state index contributed by atoms with van der Waals surface area (Å²) in [5, 5.41) is 0. The van der Waals surface area contributed by atoms with Crippen molar-refractivity contribution in [3.8, 4) is 0 Å². The molecule has 0 N–H and O–H groups in total. The molecule has 0 radical (unpaired) electrons. The van der Waals surface area contributed by atoms with Gasteiger partial charge in [-0.2, -0.15) is 0 Å². The van der Waals surface area contributed by atoms with E-state index in [0.717, 1.165) is 25.7 Å². The fourth-order valence-corrected chi connectivity index (χ4v) is 8.21. The van der Waals surface area contributed by atoms with Gasteiger partial charge < -0.3 is 0 Å². The van der Waals surface area contributed by atoms with Crippen LogP contribution in [0.3, 0.4) is 0 Å². The predicted octanol–water partition coefficient (Wildman–Crippen LogP) is 5.14. The summed E-state index contributed by atoms with van der Waals surface area (Å²) in [6, 6.07) is 0. The van der Waals surface area contributed by atoms with Gasteiger partial charge in [-0.1, -0.05) is 0 Å². The molecule has 0 saturated carbocycles. The van der Waals surface area contributed by atoms with Crippen LogP contribution in [-0.4, -0.2) is 13.2 Å². The third kappa shape index (κ3) is 4.23. The van der Waals surface area contributed by atoms with Crippen LogP contribution in [0.15, 0.2) is 0 Å². The molecule has 0 saturated heterocycles. The molecule has 3 nitrogen and oxygen atoms in total. The van der Waals surface area contributed by atoms with Crippen LogP contribution < -0.4 is 0 Å². The average molecular weight is 296 g/mol. The Labute approximate surface area is 115 Å². The summed E-state index contributed by atoms with van der Waals surface area (Å²) < 4.78 is 25.4. The van der Waals surface area contributed by atoms with Gasteiger partial charge in [0.1, 0.15) is 0 Å². The number of rotatable bonds is 10. The van der Waals surface area contributed by atoms with Crippen molar-refractivity contribution in [3.05, 3.63) is 0 Å². The molecule has 0 atom stereocenters. The second-order valence-corrected chi connectivity index (χ2v) is 13.9. The fourth-order valence-electron chi connectivity index (χ4n) is 2.21. The first-order valence-corrected chi connectivity index (χ1v) is 11.2. The predicted molar refractivity (Wildman–Crippen MR) is 72.6 cm³/mol. The molecule has 0 aliphatic rings. The molecule has 0 aliphatic carbocycles. The molecule has 0 fully saturated rings. The van der Waals surface area contributed by atoms with Crippen molar-refractivity contribution in [1.29, 1.82) is 0 Å². The van der Waals surface area contributed by atoms with Gasteiger partial charge in [-0.15, -0.1) is 0 Å². The molecule has 0 rings (SSSR count). The second kappa shape index (κ2) is 7.89. The number of hydrogen-bond acceptors (Lipinski definition) is 3. The van der Waals surface area contributed by atoms with Crippen LogP contribution >= 0.6 is 0 Å². The van der Waals surface area contributed by atoms with E-state index in [1.807, 2.05) is 27.7 Å². The Morgan fingerprint density at radius 2 is 1.17 bits per heavy atom. The van der Waals surface area contributed by atoms with Crippen LogP contribution in [0.1, 0.15) is 67.2 Å². The van der Waals surface area contributed by atoms with Crippen molar-refractivity contribution >= 4 is 0 Å². The van der Waals surface area contributed by atoms with Gasteiger partial charge in [0.15, 0.2) is 0 Å². The summed E-state index contributed by atoms with van der Waals surface area (Å²) in [6.45, 7) is 13.2. The molecule has 0 heterocycles. The summed E-state index contributed by atoms with van der Waals surface area (Å²) >= 11 is -4.54. The second-order valence-electron chi connectivity index (χ2n) is 5.84. The van der Waals surface area contributed by atoms with Crippen molar-refractivity contribution < 1.29 is 26.0 Å². The maximum atomic E-state index is 13.6. The number of hydrogen-bond donors (Lipinski definition) is 0. The van der Waals surface area contributed by atoms with Crippen LogP contribution in [0.4, 0.5) is 0 Å². The Morgan fingerprint density at radius 3 is 1.39 bits per heavy atom. The molecule has 0 aliphatic heterocycles. The SMILES string of the molecule is CCCC[O][Ti](=[O])([O]CCCC)([CH](C)C)[CH](C)C. The van der Waals surface area contributed by atoms with Gasteiger partial charge >= 0.3 is 115 Å². The third-order valence-electron chi connectivity index (χ3n) is 3.85. The first-order chi connectivity index (χ1) is 8.32. The van der Waals surface area contributed by atoms with Crippen molar-refractivity contribution in [2.24, 2.45) is 0 Å². The monoisotopic (exact) mass is 296 g/mol. The van der Waals surface area contributed by atoms with E-state index >= 15 is 0 Å².